The molecule has 1 aliphatic carbocycles. The van der Waals surface area contributed by atoms with Crippen LogP contribution < -0.4 is 0 Å². The monoisotopic (exact) mass is 182 g/mol. The largest absolute Gasteiger partial charge is 0.481 e. The smallest absolute Gasteiger partial charge is 0.309 e. The second-order valence-electron chi connectivity index (χ2n) is 4.26. The highest BCUT2D eigenvalue weighted by Crippen LogP contribution is 2.41. The third kappa shape index (κ3) is 2.11. The second kappa shape index (κ2) is 3.95. The topological polar surface area (TPSA) is 37.3 Å². The van der Waals surface area contributed by atoms with Crippen LogP contribution >= 0.6 is 0 Å². The molecule has 74 valence electrons. The van der Waals surface area contributed by atoms with E-state index in [-0.39, 0.29) is 0 Å². The SMILES string of the molecule is C=CCC1(C(=O)O)CCC(C)CC1. The van der Waals surface area contributed by atoms with Crippen LogP contribution in [0.15, 0.2) is 12.7 Å². The van der Waals surface area contributed by atoms with Crippen molar-refractivity contribution in [1.82, 2.24) is 0 Å². The molecule has 0 spiro atoms. The van der Waals surface area contributed by atoms with Gasteiger partial charge in [0.25, 0.3) is 0 Å². The minimum atomic E-state index is -0.640. The first-order valence-electron chi connectivity index (χ1n) is 4.95. The summed E-state index contributed by atoms with van der Waals surface area (Å²) in [4.78, 5) is 11.1. The first-order chi connectivity index (χ1) is 6.10. The van der Waals surface area contributed by atoms with Crippen LogP contribution in [-0.2, 0) is 4.79 Å². The lowest BCUT2D eigenvalue weighted by molar-refractivity contribution is -0.151. The highest BCUT2D eigenvalue weighted by Gasteiger charge is 2.39. The van der Waals surface area contributed by atoms with Gasteiger partial charge in [0.05, 0.1) is 5.41 Å². The van der Waals surface area contributed by atoms with E-state index in [1.54, 1.807) is 6.08 Å². The summed E-state index contributed by atoms with van der Waals surface area (Å²) in [7, 11) is 0. The summed E-state index contributed by atoms with van der Waals surface area (Å²) in [6.07, 6.45) is 6.07. The summed E-state index contributed by atoms with van der Waals surface area (Å²) in [5.41, 5.74) is -0.492. The van der Waals surface area contributed by atoms with Crippen LogP contribution in [0.1, 0.15) is 39.0 Å². The minimum Gasteiger partial charge on any atom is -0.481 e. The first kappa shape index (κ1) is 10.3. The van der Waals surface area contributed by atoms with E-state index in [0.717, 1.165) is 25.7 Å². The zero-order chi connectivity index (χ0) is 9.90. The lowest BCUT2D eigenvalue weighted by Crippen LogP contribution is -2.34. The molecule has 13 heavy (non-hydrogen) atoms. The Morgan fingerprint density at radius 1 is 1.62 bits per heavy atom. The minimum absolute atomic E-state index is 0.492. The Morgan fingerprint density at radius 2 is 2.15 bits per heavy atom. The van der Waals surface area contributed by atoms with Crippen molar-refractivity contribution in [2.45, 2.75) is 39.0 Å². The van der Waals surface area contributed by atoms with Crippen molar-refractivity contribution in [3.05, 3.63) is 12.7 Å². The summed E-state index contributed by atoms with van der Waals surface area (Å²) in [6.45, 7) is 5.83. The van der Waals surface area contributed by atoms with Gasteiger partial charge in [-0.2, -0.15) is 0 Å². The van der Waals surface area contributed by atoms with Crippen LogP contribution in [0, 0.1) is 11.3 Å². The molecule has 0 heterocycles. The van der Waals surface area contributed by atoms with Crippen molar-refractivity contribution < 1.29 is 9.90 Å². The van der Waals surface area contributed by atoms with E-state index < -0.39 is 11.4 Å². The quantitative estimate of drug-likeness (QED) is 0.681. The fraction of sp³-hybridized carbons (Fsp3) is 0.727. The molecule has 0 aliphatic heterocycles. The molecule has 1 saturated carbocycles. The first-order valence-corrected chi connectivity index (χ1v) is 4.95. The number of carboxylic acids is 1. The van der Waals surface area contributed by atoms with E-state index in [1.807, 2.05) is 0 Å². The Labute approximate surface area is 79.6 Å². The number of rotatable bonds is 3. The highest BCUT2D eigenvalue weighted by molar-refractivity contribution is 5.75. The predicted octanol–water partition coefficient (Wildman–Crippen LogP) is 2.84. The Balaban J connectivity index is 2.68. The lowest BCUT2D eigenvalue weighted by Gasteiger charge is -2.34. The van der Waals surface area contributed by atoms with Crippen LogP contribution in [0.4, 0.5) is 0 Å². The average Bonchev–Trinajstić information content (AvgIpc) is 2.09. The zero-order valence-electron chi connectivity index (χ0n) is 8.25. The lowest BCUT2D eigenvalue weighted by atomic mass is 9.69. The zero-order valence-corrected chi connectivity index (χ0v) is 8.25. The van der Waals surface area contributed by atoms with E-state index >= 15 is 0 Å². The van der Waals surface area contributed by atoms with Gasteiger partial charge in [-0.05, 0) is 38.0 Å². The molecule has 1 rings (SSSR count). The molecule has 0 saturated heterocycles. The normalized spacial score (nSPS) is 34.1. The van der Waals surface area contributed by atoms with E-state index in [4.69, 9.17) is 5.11 Å². The Morgan fingerprint density at radius 3 is 2.54 bits per heavy atom. The standard InChI is InChI=1S/C11H18O2/c1-3-6-11(10(12)13)7-4-9(2)5-8-11/h3,9H,1,4-8H2,2H3,(H,12,13). The van der Waals surface area contributed by atoms with Gasteiger partial charge in [-0.3, -0.25) is 4.79 Å². The predicted molar refractivity (Wildman–Crippen MR) is 52.5 cm³/mol. The number of hydrogen-bond acceptors (Lipinski definition) is 1. The van der Waals surface area contributed by atoms with Crippen LogP contribution in [-0.4, -0.2) is 11.1 Å². The van der Waals surface area contributed by atoms with Gasteiger partial charge < -0.3 is 5.11 Å². The molecule has 0 bridgehead atoms. The van der Waals surface area contributed by atoms with Gasteiger partial charge in [0.1, 0.15) is 0 Å². The maximum absolute atomic E-state index is 11.1. The molecule has 2 nitrogen and oxygen atoms in total. The number of aliphatic carboxylic acids is 1. The van der Waals surface area contributed by atoms with Gasteiger partial charge in [0.15, 0.2) is 0 Å². The highest BCUT2D eigenvalue weighted by atomic mass is 16.4. The van der Waals surface area contributed by atoms with Crippen molar-refractivity contribution in [3.63, 3.8) is 0 Å². The summed E-state index contributed by atoms with van der Waals surface area (Å²) in [6, 6.07) is 0. The average molecular weight is 182 g/mol. The van der Waals surface area contributed by atoms with Crippen molar-refractivity contribution in [2.24, 2.45) is 11.3 Å². The maximum atomic E-state index is 11.1. The van der Waals surface area contributed by atoms with Gasteiger partial charge in [-0.1, -0.05) is 13.0 Å². The fourth-order valence-corrected chi connectivity index (χ4v) is 2.10. The molecule has 1 N–H and O–H groups in total. The summed E-state index contributed by atoms with van der Waals surface area (Å²) < 4.78 is 0. The van der Waals surface area contributed by atoms with Crippen LogP contribution in [0.3, 0.4) is 0 Å². The molecular weight excluding hydrogens is 164 g/mol. The van der Waals surface area contributed by atoms with Crippen LogP contribution in [0.5, 0.6) is 0 Å². The van der Waals surface area contributed by atoms with E-state index in [0.29, 0.717) is 12.3 Å². The Kier molecular flexibility index (Phi) is 3.12. The number of allylic oxidation sites excluding steroid dienone is 1. The molecule has 1 aliphatic rings. The van der Waals surface area contributed by atoms with E-state index in [9.17, 15) is 4.79 Å². The van der Waals surface area contributed by atoms with Crippen LogP contribution in [0.2, 0.25) is 0 Å². The van der Waals surface area contributed by atoms with Crippen LogP contribution in [0.25, 0.3) is 0 Å². The van der Waals surface area contributed by atoms with E-state index in [2.05, 4.69) is 13.5 Å². The molecule has 0 radical (unpaired) electrons. The van der Waals surface area contributed by atoms with Crippen molar-refractivity contribution >= 4 is 5.97 Å². The molecule has 0 amide bonds. The number of hydrogen-bond donors (Lipinski definition) is 1. The van der Waals surface area contributed by atoms with Crippen molar-refractivity contribution in [3.8, 4) is 0 Å². The Bertz CT molecular complexity index is 200. The fourth-order valence-electron chi connectivity index (χ4n) is 2.10. The second-order valence-corrected chi connectivity index (χ2v) is 4.26. The molecule has 0 unspecified atom stereocenters. The molecular formula is C11H18O2. The Hall–Kier alpha value is -0.790. The van der Waals surface area contributed by atoms with Gasteiger partial charge >= 0.3 is 5.97 Å². The number of carboxylic acid groups (broad SMARTS) is 1. The molecule has 0 atom stereocenters. The van der Waals surface area contributed by atoms with Crippen molar-refractivity contribution in [2.75, 3.05) is 0 Å². The summed E-state index contributed by atoms with van der Waals surface area (Å²) in [5.74, 6) is 0.0524. The molecule has 2 heteroatoms. The van der Waals surface area contributed by atoms with Gasteiger partial charge in [-0.25, -0.2) is 0 Å². The van der Waals surface area contributed by atoms with Gasteiger partial charge in [0.2, 0.25) is 0 Å². The van der Waals surface area contributed by atoms with E-state index in [1.165, 1.54) is 0 Å². The molecule has 1 fully saturated rings. The molecule has 0 aromatic rings. The van der Waals surface area contributed by atoms with Gasteiger partial charge in [0, 0.05) is 0 Å². The third-order valence-corrected chi connectivity index (χ3v) is 3.22. The molecule has 0 aromatic heterocycles. The van der Waals surface area contributed by atoms with Crippen molar-refractivity contribution in [1.29, 1.82) is 0 Å². The number of carbonyl (C=O) groups is 1. The summed E-state index contributed by atoms with van der Waals surface area (Å²) in [5, 5.41) is 9.16. The maximum Gasteiger partial charge on any atom is 0.309 e. The molecule has 0 aromatic carbocycles. The third-order valence-electron chi connectivity index (χ3n) is 3.22. The van der Waals surface area contributed by atoms with Gasteiger partial charge in [-0.15, -0.1) is 6.58 Å². The summed E-state index contributed by atoms with van der Waals surface area (Å²) >= 11 is 0.